The van der Waals surface area contributed by atoms with Gasteiger partial charge in [-0.05, 0) is 65.6 Å². The molecule has 3 aromatic carbocycles. The van der Waals surface area contributed by atoms with Gasteiger partial charge in [0.05, 0.1) is 16.2 Å². The van der Waals surface area contributed by atoms with Crippen molar-refractivity contribution in [2.75, 3.05) is 11.5 Å². The van der Waals surface area contributed by atoms with E-state index in [0.29, 0.717) is 11.3 Å². The third-order valence-corrected chi connectivity index (χ3v) is 7.67. The van der Waals surface area contributed by atoms with Crippen LogP contribution in [0.2, 0.25) is 10.0 Å². The summed E-state index contributed by atoms with van der Waals surface area (Å²) in [5.41, 5.74) is 5.31. The van der Waals surface area contributed by atoms with Crippen LogP contribution < -0.4 is 11.1 Å². The van der Waals surface area contributed by atoms with Gasteiger partial charge < -0.3 is 11.1 Å². The van der Waals surface area contributed by atoms with E-state index < -0.39 is 27.5 Å². The summed E-state index contributed by atoms with van der Waals surface area (Å²) in [5, 5.41) is 2.47. The fraction of sp³-hybridized carbons (Fsp3) is 0.208. The largest absolute Gasteiger partial charge is 0.416 e. The summed E-state index contributed by atoms with van der Waals surface area (Å²) in [6, 6.07) is 12.4. The van der Waals surface area contributed by atoms with E-state index in [4.69, 9.17) is 28.9 Å². The molecule has 3 N–H and O–H groups in total. The molecule has 0 radical (unpaired) electrons. The number of halogens is 5. The van der Waals surface area contributed by atoms with Crippen LogP contribution in [0.5, 0.6) is 0 Å². The molecule has 0 spiro atoms. The predicted molar refractivity (Wildman–Crippen MR) is 130 cm³/mol. The van der Waals surface area contributed by atoms with E-state index in [1.165, 1.54) is 25.1 Å². The van der Waals surface area contributed by atoms with Gasteiger partial charge in [-0.1, -0.05) is 42.3 Å². The van der Waals surface area contributed by atoms with E-state index in [1.54, 1.807) is 24.3 Å². The zero-order valence-corrected chi connectivity index (χ0v) is 20.7. The first-order valence-electron chi connectivity index (χ1n) is 10.3. The van der Waals surface area contributed by atoms with Crippen molar-refractivity contribution >= 4 is 44.6 Å². The number of benzene rings is 3. The summed E-state index contributed by atoms with van der Waals surface area (Å²) in [6.45, 7) is 1.20. The quantitative estimate of drug-likeness (QED) is 0.362. The van der Waals surface area contributed by atoms with Crippen molar-refractivity contribution in [1.82, 2.24) is 5.32 Å². The van der Waals surface area contributed by atoms with Gasteiger partial charge in [0.25, 0.3) is 5.91 Å². The van der Waals surface area contributed by atoms with Crippen molar-refractivity contribution in [3.05, 3.63) is 92.5 Å². The maximum Gasteiger partial charge on any atom is 0.416 e. The number of nitrogen functional groups attached to an aromatic ring is 1. The zero-order chi connectivity index (χ0) is 26.0. The van der Waals surface area contributed by atoms with Gasteiger partial charge in [0.1, 0.15) is 0 Å². The lowest BCUT2D eigenvalue weighted by Crippen LogP contribution is -2.25. The molecule has 186 valence electrons. The highest BCUT2D eigenvalue weighted by Gasteiger charge is 2.35. The maximum atomic E-state index is 13.9. The number of carbonyl (C=O) groups excluding carboxylic acids is 1. The van der Waals surface area contributed by atoms with Crippen LogP contribution in [0.25, 0.3) is 0 Å². The molecule has 5 nitrogen and oxygen atoms in total. The average molecular weight is 545 g/mol. The molecule has 0 heterocycles. The van der Waals surface area contributed by atoms with Gasteiger partial charge >= 0.3 is 6.18 Å². The average Bonchev–Trinajstić information content (AvgIpc) is 2.77. The second-order valence-electron chi connectivity index (χ2n) is 7.74. The topological polar surface area (TPSA) is 89.3 Å². The Morgan fingerprint density at radius 2 is 1.77 bits per heavy atom. The van der Waals surface area contributed by atoms with Crippen molar-refractivity contribution in [3.63, 3.8) is 0 Å². The SMILES string of the molecule is CCS(=O)(=O)c1ccc(Cl)cc1CNC(=O)c1cc(Cl)c(Cc2cccc(N)c2)c(C(F)(F)F)c1. The molecule has 0 unspecified atom stereocenters. The molecule has 0 aliphatic heterocycles. The summed E-state index contributed by atoms with van der Waals surface area (Å²) in [5.74, 6) is -1.03. The number of nitrogens with two attached hydrogens (primary N) is 1. The summed E-state index contributed by atoms with van der Waals surface area (Å²) >= 11 is 12.2. The second kappa shape index (κ2) is 10.5. The van der Waals surface area contributed by atoms with Crippen LogP contribution in [0.15, 0.2) is 59.5 Å². The number of anilines is 1. The molecular formula is C24H21Cl2F3N2O3S. The van der Waals surface area contributed by atoms with Crippen molar-refractivity contribution in [2.45, 2.75) is 31.0 Å². The normalized spacial score (nSPS) is 11.9. The summed E-state index contributed by atoms with van der Waals surface area (Å²) in [6.07, 6.45) is -4.91. The fourth-order valence-electron chi connectivity index (χ4n) is 3.53. The third-order valence-electron chi connectivity index (χ3n) is 5.27. The highest BCUT2D eigenvalue weighted by Crippen LogP contribution is 2.37. The Morgan fingerprint density at radius 3 is 2.40 bits per heavy atom. The molecule has 0 saturated carbocycles. The summed E-state index contributed by atoms with van der Waals surface area (Å²) in [7, 11) is -3.62. The zero-order valence-electron chi connectivity index (χ0n) is 18.4. The maximum absolute atomic E-state index is 13.9. The molecule has 0 fully saturated rings. The number of hydrogen-bond acceptors (Lipinski definition) is 4. The lowest BCUT2D eigenvalue weighted by atomic mass is 9.96. The van der Waals surface area contributed by atoms with E-state index >= 15 is 0 Å². The standard InChI is InChI=1S/C24H21Cl2F3N2O3S/c1-2-35(33,34)22-7-6-17(25)10-16(22)13-31-23(32)15-11-20(24(27,28)29)19(21(26)12-15)9-14-4-3-5-18(30)8-14/h3-8,10-12H,2,9,13,30H2,1H3,(H,31,32). The molecular weight excluding hydrogens is 524 g/mol. The van der Waals surface area contributed by atoms with Crippen molar-refractivity contribution < 1.29 is 26.4 Å². The number of nitrogens with one attached hydrogen (secondary N) is 1. The Hall–Kier alpha value is -2.75. The smallest absolute Gasteiger partial charge is 0.399 e. The number of alkyl halides is 3. The van der Waals surface area contributed by atoms with E-state index in [-0.39, 0.29) is 50.3 Å². The van der Waals surface area contributed by atoms with Gasteiger partial charge in [-0.3, -0.25) is 4.79 Å². The Labute approximate surface area is 211 Å². The Balaban J connectivity index is 1.93. The van der Waals surface area contributed by atoms with Crippen LogP contribution in [-0.4, -0.2) is 20.1 Å². The van der Waals surface area contributed by atoms with Gasteiger partial charge in [-0.25, -0.2) is 8.42 Å². The van der Waals surface area contributed by atoms with Gasteiger partial charge in [0, 0.05) is 27.8 Å². The number of rotatable bonds is 7. The van der Waals surface area contributed by atoms with Gasteiger partial charge in [-0.2, -0.15) is 13.2 Å². The van der Waals surface area contributed by atoms with E-state index in [9.17, 15) is 26.4 Å². The number of sulfone groups is 1. The van der Waals surface area contributed by atoms with Crippen LogP contribution in [0.4, 0.5) is 18.9 Å². The molecule has 0 atom stereocenters. The highest BCUT2D eigenvalue weighted by molar-refractivity contribution is 7.91. The summed E-state index contributed by atoms with van der Waals surface area (Å²) < 4.78 is 66.3. The third kappa shape index (κ3) is 6.48. The molecule has 0 aromatic heterocycles. The monoisotopic (exact) mass is 544 g/mol. The summed E-state index contributed by atoms with van der Waals surface area (Å²) in [4.78, 5) is 12.7. The lowest BCUT2D eigenvalue weighted by Gasteiger charge is -2.17. The molecule has 0 saturated heterocycles. The van der Waals surface area contributed by atoms with Crippen LogP contribution in [0.1, 0.15) is 39.5 Å². The minimum atomic E-state index is -4.77. The van der Waals surface area contributed by atoms with Crippen LogP contribution in [0.3, 0.4) is 0 Å². The second-order valence-corrected chi connectivity index (χ2v) is 10.8. The predicted octanol–water partition coefficient (Wildman–Crippen LogP) is 5.91. The number of amides is 1. The Bertz CT molecular complexity index is 1380. The molecule has 0 aliphatic carbocycles. The molecule has 11 heteroatoms. The minimum absolute atomic E-state index is 0.0174. The number of carbonyl (C=O) groups is 1. The van der Waals surface area contributed by atoms with Crippen LogP contribution >= 0.6 is 23.2 Å². The van der Waals surface area contributed by atoms with Crippen LogP contribution in [-0.2, 0) is 29.0 Å². The molecule has 3 rings (SSSR count). The first kappa shape index (κ1) is 26.8. The highest BCUT2D eigenvalue weighted by atomic mass is 35.5. The fourth-order valence-corrected chi connectivity index (χ4v) is 5.13. The van der Waals surface area contributed by atoms with Gasteiger partial charge in [-0.15, -0.1) is 0 Å². The first-order chi connectivity index (χ1) is 16.3. The van der Waals surface area contributed by atoms with E-state index in [0.717, 1.165) is 12.1 Å². The van der Waals surface area contributed by atoms with E-state index in [1.807, 2.05) is 0 Å². The minimum Gasteiger partial charge on any atom is -0.399 e. The molecule has 3 aromatic rings. The molecule has 0 aliphatic rings. The molecule has 0 bridgehead atoms. The lowest BCUT2D eigenvalue weighted by molar-refractivity contribution is -0.138. The van der Waals surface area contributed by atoms with Crippen molar-refractivity contribution in [3.8, 4) is 0 Å². The van der Waals surface area contributed by atoms with E-state index in [2.05, 4.69) is 5.32 Å². The molecule has 35 heavy (non-hydrogen) atoms. The Kier molecular flexibility index (Phi) is 8.03. The van der Waals surface area contributed by atoms with Crippen molar-refractivity contribution in [1.29, 1.82) is 0 Å². The molecule has 1 amide bonds. The number of hydrogen-bond donors (Lipinski definition) is 2. The van der Waals surface area contributed by atoms with Crippen LogP contribution in [0, 0.1) is 0 Å². The first-order valence-corrected chi connectivity index (χ1v) is 12.8. The van der Waals surface area contributed by atoms with Crippen molar-refractivity contribution in [2.24, 2.45) is 0 Å². The van der Waals surface area contributed by atoms with Gasteiger partial charge in [0.2, 0.25) is 0 Å². The Morgan fingerprint density at radius 1 is 1.06 bits per heavy atom. The van der Waals surface area contributed by atoms with Gasteiger partial charge in [0.15, 0.2) is 9.84 Å².